The summed E-state index contributed by atoms with van der Waals surface area (Å²) in [7, 11) is -3.58. The molecule has 3 N–H and O–H groups in total. The molecule has 0 amide bonds. The topological polar surface area (TPSA) is 123 Å². The molecule has 29 heavy (non-hydrogen) atoms. The number of piperidine rings is 1. The fourth-order valence-corrected chi connectivity index (χ4v) is 4.30. The maximum Gasteiger partial charge on any atom is 0.422 e. The minimum atomic E-state index is -4.54. The largest absolute Gasteiger partial charge is 0.454 e. The lowest BCUT2D eigenvalue weighted by atomic mass is 10.1. The number of halogens is 3. The third kappa shape index (κ3) is 5.67. The van der Waals surface area contributed by atoms with Gasteiger partial charge in [0.1, 0.15) is 0 Å². The molecule has 1 aromatic carbocycles. The van der Waals surface area contributed by atoms with Crippen LogP contribution in [-0.4, -0.2) is 59.6 Å². The molecule has 2 heterocycles. The summed E-state index contributed by atoms with van der Waals surface area (Å²) in [5.41, 5.74) is 5.50. The highest BCUT2D eigenvalue weighted by molar-refractivity contribution is 7.89. The quantitative estimate of drug-likeness (QED) is 0.707. The molecule has 0 atom stereocenters. The predicted octanol–water partition coefficient (Wildman–Crippen LogP) is 1.66. The molecule has 3 rings (SSSR count). The molecule has 1 fully saturated rings. The van der Waals surface area contributed by atoms with Gasteiger partial charge in [-0.2, -0.15) is 32.4 Å². The summed E-state index contributed by atoms with van der Waals surface area (Å²) in [6.45, 7) is -1.01. The Morgan fingerprint density at radius 2 is 1.79 bits per heavy atom. The molecule has 0 radical (unpaired) electrons. The number of alkyl halides is 3. The summed E-state index contributed by atoms with van der Waals surface area (Å²) < 4.78 is 68.0. The Hall–Kier alpha value is -2.67. The molecule has 2 aromatic rings. The Bertz CT molecular complexity index is 935. The Morgan fingerprint density at radius 3 is 2.41 bits per heavy atom. The smallest absolute Gasteiger partial charge is 0.422 e. The zero-order valence-electron chi connectivity index (χ0n) is 15.1. The van der Waals surface area contributed by atoms with Crippen molar-refractivity contribution in [1.82, 2.24) is 19.3 Å². The van der Waals surface area contributed by atoms with E-state index in [9.17, 15) is 21.6 Å². The van der Waals surface area contributed by atoms with Crippen molar-refractivity contribution in [3.8, 4) is 6.01 Å². The lowest BCUT2D eigenvalue weighted by molar-refractivity contribution is -0.154. The van der Waals surface area contributed by atoms with Crippen molar-refractivity contribution in [2.75, 3.05) is 30.7 Å². The van der Waals surface area contributed by atoms with Crippen molar-refractivity contribution in [1.29, 1.82) is 0 Å². The fraction of sp³-hybridized carbons (Fsp3) is 0.438. The highest BCUT2D eigenvalue weighted by atomic mass is 32.2. The van der Waals surface area contributed by atoms with Crippen LogP contribution >= 0.6 is 0 Å². The average Bonchev–Trinajstić information content (AvgIpc) is 2.67. The van der Waals surface area contributed by atoms with Gasteiger partial charge in [-0.1, -0.05) is 18.2 Å². The molecule has 0 bridgehead atoms. The highest BCUT2D eigenvalue weighted by Gasteiger charge is 2.31. The maximum atomic E-state index is 12.6. The molecular weight excluding hydrogens is 413 g/mol. The van der Waals surface area contributed by atoms with Crippen LogP contribution in [0.25, 0.3) is 0 Å². The van der Waals surface area contributed by atoms with Crippen LogP contribution in [0.3, 0.4) is 0 Å². The van der Waals surface area contributed by atoms with Gasteiger partial charge in [0.25, 0.3) is 0 Å². The predicted molar refractivity (Wildman–Crippen MR) is 97.6 cm³/mol. The molecule has 9 nitrogen and oxygen atoms in total. The van der Waals surface area contributed by atoms with Crippen molar-refractivity contribution in [2.24, 2.45) is 0 Å². The standard InChI is InChI=1S/C16H19F3N6O3S/c17-16(18,19)10-28-15-23-13(20)22-14(24-15)21-11-6-8-25(9-7-11)29(26,27)12-4-2-1-3-5-12/h1-5,11H,6-10H2,(H3,20,21,22,23,24). The normalized spacial score (nSPS) is 16.5. The van der Waals surface area contributed by atoms with E-state index in [1.54, 1.807) is 18.2 Å². The van der Waals surface area contributed by atoms with Gasteiger partial charge in [-0.05, 0) is 25.0 Å². The van der Waals surface area contributed by atoms with Gasteiger partial charge >= 0.3 is 12.2 Å². The van der Waals surface area contributed by atoms with Crippen molar-refractivity contribution >= 4 is 21.9 Å². The molecule has 0 spiro atoms. The van der Waals surface area contributed by atoms with Gasteiger partial charge in [0.05, 0.1) is 4.90 Å². The van der Waals surface area contributed by atoms with E-state index in [1.165, 1.54) is 16.4 Å². The van der Waals surface area contributed by atoms with Crippen LogP contribution in [0.5, 0.6) is 6.01 Å². The summed E-state index contributed by atoms with van der Waals surface area (Å²) in [5.74, 6) is -0.317. The molecule has 0 aliphatic carbocycles. The second-order valence-electron chi connectivity index (χ2n) is 6.34. The minimum Gasteiger partial charge on any atom is -0.454 e. The number of nitrogens with one attached hydrogen (secondary N) is 1. The molecule has 0 unspecified atom stereocenters. The van der Waals surface area contributed by atoms with E-state index >= 15 is 0 Å². The van der Waals surface area contributed by atoms with Crippen molar-refractivity contribution in [2.45, 2.75) is 30.0 Å². The second-order valence-corrected chi connectivity index (χ2v) is 8.28. The number of hydrogen-bond acceptors (Lipinski definition) is 8. The second kappa shape index (κ2) is 8.37. The Labute approximate surface area is 165 Å². The maximum absolute atomic E-state index is 12.6. The zero-order valence-corrected chi connectivity index (χ0v) is 15.9. The lowest BCUT2D eigenvalue weighted by Gasteiger charge is -2.31. The van der Waals surface area contributed by atoms with Gasteiger partial charge in [-0.15, -0.1) is 0 Å². The number of anilines is 2. The molecule has 1 aromatic heterocycles. The monoisotopic (exact) mass is 432 g/mol. The summed E-state index contributed by atoms with van der Waals surface area (Å²) in [4.78, 5) is 11.4. The van der Waals surface area contributed by atoms with Crippen molar-refractivity contribution < 1.29 is 26.3 Å². The van der Waals surface area contributed by atoms with Crippen molar-refractivity contribution in [3.63, 3.8) is 0 Å². The first-order valence-corrected chi connectivity index (χ1v) is 10.1. The number of hydrogen-bond donors (Lipinski definition) is 2. The number of rotatable bonds is 6. The van der Waals surface area contributed by atoms with E-state index in [-0.39, 0.29) is 35.9 Å². The lowest BCUT2D eigenvalue weighted by Crippen LogP contribution is -2.42. The number of nitrogens with zero attached hydrogens (tertiary/aromatic N) is 4. The third-order valence-electron chi connectivity index (χ3n) is 4.17. The van der Waals surface area contributed by atoms with E-state index < -0.39 is 28.8 Å². The first kappa shape index (κ1) is 21.0. The Kier molecular flexibility index (Phi) is 6.07. The van der Waals surface area contributed by atoms with Crippen molar-refractivity contribution in [3.05, 3.63) is 30.3 Å². The molecule has 1 saturated heterocycles. The number of nitrogens with two attached hydrogens (primary N) is 1. The van der Waals surface area contributed by atoms with Gasteiger partial charge in [0.15, 0.2) is 6.61 Å². The van der Waals surface area contributed by atoms with E-state index in [4.69, 9.17) is 5.73 Å². The van der Waals surface area contributed by atoms with Crippen LogP contribution in [0.15, 0.2) is 35.2 Å². The van der Waals surface area contributed by atoms with Crippen LogP contribution < -0.4 is 15.8 Å². The summed E-state index contributed by atoms with van der Waals surface area (Å²) >= 11 is 0. The molecule has 0 saturated carbocycles. The van der Waals surface area contributed by atoms with E-state index in [2.05, 4.69) is 25.0 Å². The Balaban J connectivity index is 1.60. The van der Waals surface area contributed by atoms with Gasteiger partial charge in [0, 0.05) is 19.1 Å². The SMILES string of the molecule is Nc1nc(NC2CCN(S(=O)(=O)c3ccccc3)CC2)nc(OCC(F)(F)F)n1. The van der Waals surface area contributed by atoms with Gasteiger partial charge in [-0.3, -0.25) is 0 Å². The third-order valence-corrected chi connectivity index (χ3v) is 6.08. The zero-order chi connectivity index (χ0) is 21.1. The molecule has 1 aliphatic rings. The number of aromatic nitrogens is 3. The Morgan fingerprint density at radius 1 is 1.14 bits per heavy atom. The molecular formula is C16H19F3N6O3S. The van der Waals surface area contributed by atoms with E-state index in [1.807, 2.05) is 0 Å². The first-order chi connectivity index (χ1) is 13.6. The number of ether oxygens (including phenoxy) is 1. The summed E-state index contributed by atoms with van der Waals surface area (Å²) in [6, 6.07) is 7.40. The highest BCUT2D eigenvalue weighted by Crippen LogP contribution is 2.23. The van der Waals surface area contributed by atoms with Gasteiger partial charge in [0.2, 0.25) is 21.9 Å². The number of benzene rings is 1. The molecule has 13 heteroatoms. The van der Waals surface area contributed by atoms with Crippen LogP contribution in [0.1, 0.15) is 12.8 Å². The fourth-order valence-electron chi connectivity index (χ4n) is 2.81. The minimum absolute atomic E-state index is 0.0287. The molecule has 1 aliphatic heterocycles. The average molecular weight is 432 g/mol. The summed E-state index contributed by atoms with van der Waals surface area (Å²) in [6.07, 6.45) is -3.63. The number of sulfonamides is 1. The van der Waals surface area contributed by atoms with Crippen LogP contribution in [0, 0.1) is 0 Å². The summed E-state index contributed by atoms with van der Waals surface area (Å²) in [5, 5.41) is 2.95. The number of nitrogen functional groups attached to an aromatic ring is 1. The van der Waals surface area contributed by atoms with E-state index in [0.29, 0.717) is 12.8 Å². The molecule has 158 valence electrons. The first-order valence-electron chi connectivity index (χ1n) is 8.66. The van der Waals surface area contributed by atoms with E-state index in [0.717, 1.165) is 0 Å². The van der Waals surface area contributed by atoms with Gasteiger partial charge in [-0.25, -0.2) is 8.42 Å². The van der Waals surface area contributed by atoms with Crippen LogP contribution in [0.2, 0.25) is 0 Å². The van der Waals surface area contributed by atoms with Crippen LogP contribution in [0.4, 0.5) is 25.1 Å². The van der Waals surface area contributed by atoms with Crippen LogP contribution in [-0.2, 0) is 10.0 Å². The van der Waals surface area contributed by atoms with Gasteiger partial charge < -0.3 is 15.8 Å².